The lowest BCUT2D eigenvalue weighted by Crippen LogP contribution is -2.41. The van der Waals surface area contributed by atoms with Gasteiger partial charge in [0.1, 0.15) is 0 Å². The molecule has 6 nitrogen and oxygen atoms in total. The lowest BCUT2D eigenvalue weighted by atomic mass is 10.1. The SMILES string of the molecule is CC1Cc2ccccc2N1c1cncc(C(=O)NCCN2CCOCC2)c1. The van der Waals surface area contributed by atoms with Crippen molar-refractivity contribution in [3.05, 3.63) is 53.9 Å². The van der Waals surface area contributed by atoms with Crippen molar-refractivity contribution in [2.24, 2.45) is 0 Å². The zero-order valence-electron chi connectivity index (χ0n) is 15.7. The minimum Gasteiger partial charge on any atom is -0.379 e. The Morgan fingerprint density at radius 2 is 2.07 bits per heavy atom. The van der Waals surface area contributed by atoms with Crippen LogP contribution in [0.5, 0.6) is 0 Å². The number of hydrogen-bond acceptors (Lipinski definition) is 5. The number of benzene rings is 1. The highest BCUT2D eigenvalue weighted by Crippen LogP contribution is 2.37. The molecule has 1 aromatic heterocycles. The zero-order valence-corrected chi connectivity index (χ0v) is 15.7. The van der Waals surface area contributed by atoms with Gasteiger partial charge in [-0.15, -0.1) is 0 Å². The van der Waals surface area contributed by atoms with E-state index in [0.717, 1.165) is 45.0 Å². The molecule has 6 heteroatoms. The molecule has 2 aromatic rings. The van der Waals surface area contributed by atoms with E-state index in [1.165, 1.54) is 11.3 Å². The average Bonchev–Trinajstić information content (AvgIpc) is 3.04. The predicted molar refractivity (Wildman–Crippen MR) is 106 cm³/mol. The van der Waals surface area contributed by atoms with Crippen LogP contribution in [0, 0.1) is 0 Å². The molecule has 1 unspecified atom stereocenters. The molecule has 3 heterocycles. The smallest absolute Gasteiger partial charge is 0.252 e. The number of pyridine rings is 1. The molecule has 2 aliphatic heterocycles. The minimum absolute atomic E-state index is 0.0715. The first-order valence-corrected chi connectivity index (χ1v) is 9.63. The van der Waals surface area contributed by atoms with Gasteiger partial charge in [-0.1, -0.05) is 18.2 Å². The summed E-state index contributed by atoms with van der Waals surface area (Å²) in [5, 5.41) is 3.01. The van der Waals surface area contributed by atoms with Crippen LogP contribution in [0.3, 0.4) is 0 Å². The van der Waals surface area contributed by atoms with Crippen LogP contribution in [0.1, 0.15) is 22.8 Å². The number of ether oxygens (including phenoxy) is 1. The molecule has 1 aromatic carbocycles. The molecule has 1 N–H and O–H groups in total. The van der Waals surface area contributed by atoms with Crippen molar-refractivity contribution in [2.45, 2.75) is 19.4 Å². The van der Waals surface area contributed by atoms with Crippen molar-refractivity contribution in [3.8, 4) is 0 Å². The molecule has 1 amide bonds. The number of rotatable bonds is 5. The molecule has 27 heavy (non-hydrogen) atoms. The third-order valence-corrected chi connectivity index (χ3v) is 5.29. The molecule has 2 aliphatic rings. The van der Waals surface area contributed by atoms with Crippen LogP contribution in [0.15, 0.2) is 42.7 Å². The van der Waals surface area contributed by atoms with Crippen molar-refractivity contribution in [1.82, 2.24) is 15.2 Å². The summed E-state index contributed by atoms with van der Waals surface area (Å²) in [4.78, 5) is 21.5. The summed E-state index contributed by atoms with van der Waals surface area (Å²) in [6.45, 7) is 7.09. The van der Waals surface area contributed by atoms with Gasteiger partial charge in [0.2, 0.25) is 0 Å². The summed E-state index contributed by atoms with van der Waals surface area (Å²) in [7, 11) is 0. The molecule has 0 aliphatic carbocycles. The molecule has 0 radical (unpaired) electrons. The van der Waals surface area contributed by atoms with E-state index in [0.29, 0.717) is 18.2 Å². The number of para-hydroxylation sites is 1. The summed E-state index contributed by atoms with van der Waals surface area (Å²) in [6.07, 6.45) is 4.48. The van der Waals surface area contributed by atoms with Crippen molar-refractivity contribution in [1.29, 1.82) is 0 Å². The lowest BCUT2D eigenvalue weighted by molar-refractivity contribution is 0.0383. The second-order valence-corrected chi connectivity index (χ2v) is 7.19. The van der Waals surface area contributed by atoms with Gasteiger partial charge in [0, 0.05) is 44.1 Å². The fourth-order valence-electron chi connectivity index (χ4n) is 3.90. The van der Waals surface area contributed by atoms with E-state index in [4.69, 9.17) is 4.74 Å². The Morgan fingerprint density at radius 3 is 2.93 bits per heavy atom. The van der Waals surface area contributed by atoms with Crippen molar-refractivity contribution in [2.75, 3.05) is 44.3 Å². The van der Waals surface area contributed by atoms with E-state index in [1.54, 1.807) is 6.20 Å². The second-order valence-electron chi connectivity index (χ2n) is 7.19. The Bertz CT molecular complexity index is 804. The summed E-state index contributed by atoms with van der Waals surface area (Å²) in [5.74, 6) is -0.0715. The Kier molecular flexibility index (Phi) is 5.36. The number of amides is 1. The topological polar surface area (TPSA) is 57.7 Å². The van der Waals surface area contributed by atoms with E-state index in [1.807, 2.05) is 12.3 Å². The van der Waals surface area contributed by atoms with E-state index in [2.05, 4.69) is 51.3 Å². The Hall–Kier alpha value is -2.44. The number of aromatic nitrogens is 1. The highest BCUT2D eigenvalue weighted by molar-refractivity contribution is 5.95. The quantitative estimate of drug-likeness (QED) is 0.879. The first-order valence-electron chi connectivity index (χ1n) is 9.63. The van der Waals surface area contributed by atoms with Gasteiger partial charge in [-0.3, -0.25) is 14.7 Å². The van der Waals surface area contributed by atoms with Crippen molar-refractivity contribution < 1.29 is 9.53 Å². The molecule has 1 saturated heterocycles. The largest absolute Gasteiger partial charge is 0.379 e. The molecule has 1 atom stereocenters. The number of hydrogen-bond donors (Lipinski definition) is 1. The van der Waals surface area contributed by atoms with Gasteiger partial charge in [0.15, 0.2) is 0 Å². The maximum atomic E-state index is 12.6. The number of morpholine rings is 1. The van der Waals surface area contributed by atoms with E-state index >= 15 is 0 Å². The summed E-state index contributed by atoms with van der Waals surface area (Å²) < 4.78 is 5.35. The van der Waals surface area contributed by atoms with Gasteiger partial charge in [0.05, 0.1) is 30.7 Å². The van der Waals surface area contributed by atoms with Crippen LogP contribution in [0.4, 0.5) is 11.4 Å². The number of nitrogens with zero attached hydrogens (tertiary/aromatic N) is 3. The average molecular weight is 366 g/mol. The normalized spacial score (nSPS) is 19.7. The van der Waals surface area contributed by atoms with Gasteiger partial charge >= 0.3 is 0 Å². The van der Waals surface area contributed by atoms with E-state index in [-0.39, 0.29) is 5.91 Å². The van der Waals surface area contributed by atoms with Crippen LogP contribution in [0.25, 0.3) is 0 Å². The number of carbonyl (C=O) groups excluding carboxylic acids is 1. The third-order valence-electron chi connectivity index (χ3n) is 5.29. The highest BCUT2D eigenvalue weighted by atomic mass is 16.5. The van der Waals surface area contributed by atoms with E-state index < -0.39 is 0 Å². The van der Waals surface area contributed by atoms with E-state index in [9.17, 15) is 4.79 Å². The Morgan fingerprint density at radius 1 is 1.26 bits per heavy atom. The van der Waals surface area contributed by atoms with Crippen molar-refractivity contribution >= 4 is 17.3 Å². The standard InChI is InChI=1S/C21H26N4O2/c1-16-12-17-4-2-3-5-20(17)25(16)19-13-18(14-22-15-19)21(26)23-6-7-24-8-10-27-11-9-24/h2-5,13-16H,6-12H2,1H3,(H,23,26). The first kappa shape index (κ1) is 17.9. The van der Waals surface area contributed by atoms with Gasteiger partial charge in [-0.05, 0) is 31.0 Å². The number of nitrogens with one attached hydrogen (secondary N) is 1. The number of fused-ring (bicyclic) bond motifs is 1. The van der Waals surface area contributed by atoms with Gasteiger partial charge < -0.3 is 15.0 Å². The maximum Gasteiger partial charge on any atom is 0.252 e. The van der Waals surface area contributed by atoms with Gasteiger partial charge in [-0.2, -0.15) is 0 Å². The first-order chi connectivity index (χ1) is 13.2. The fourth-order valence-corrected chi connectivity index (χ4v) is 3.90. The van der Waals surface area contributed by atoms with Gasteiger partial charge in [-0.25, -0.2) is 0 Å². The molecule has 0 spiro atoms. The third kappa shape index (κ3) is 3.96. The molecular formula is C21H26N4O2. The minimum atomic E-state index is -0.0715. The highest BCUT2D eigenvalue weighted by Gasteiger charge is 2.27. The maximum absolute atomic E-state index is 12.6. The number of carbonyl (C=O) groups is 1. The second kappa shape index (κ2) is 8.06. The molecule has 1 fully saturated rings. The monoisotopic (exact) mass is 366 g/mol. The van der Waals surface area contributed by atoms with Crippen molar-refractivity contribution in [3.63, 3.8) is 0 Å². The van der Waals surface area contributed by atoms with Crippen LogP contribution in [-0.4, -0.2) is 61.2 Å². The summed E-state index contributed by atoms with van der Waals surface area (Å²) in [5.41, 5.74) is 4.11. The van der Waals surface area contributed by atoms with Gasteiger partial charge in [0.25, 0.3) is 5.91 Å². The fraction of sp³-hybridized carbons (Fsp3) is 0.429. The Balaban J connectivity index is 1.42. The lowest BCUT2D eigenvalue weighted by Gasteiger charge is -2.26. The summed E-state index contributed by atoms with van der Waals surface area (Å²) in [6, 6.07) is 10.7. The summed E-state index contributed by atoms with van der Waals surface area (Å²) >= 11 is 0. The van der Waals surface area contributed by atoms with Crippen LogP contribution < -0.4 is 10.2 Å². The van der Waals surface area contributed by atoms with Crippen LogP contribution in [0.2, 0.25) is 0 Å². The number of anilines is 2. The molecular weight excluding hydrogens is 340 g/mol. The zero-order chi connectivity index (χ0) is 18.6. The molecule has 142 valence electrons. The molecule has 0 saturated carbocycles. The molecule has 0 bridgehead atoms. The Labute approximate surface area is 160 Å². The van der Waals surface area contributed by atoms with Crippen LogP contribution in [-0.2, 0) is 11.2 Å². The predicted octanol–water partition coefficient (Wildman–Crippen LogP) is 2.23. The van der Waals surface area contributed by atoms with Crippen LogP contribution >= 0.6 is 0 Å². The molecule has 4 rings (SSSR count).